The Hall–Kier alpha value is -2.81. The number of hydrogen-bond donors (Lipinski definition) is 1. The third kappa shape index (κ3) is 4.53. The molecule has 5 nitrogen and oxygen atoms in total. The Balaban J connectivity index is 1.43. The second-order valence-electron chi connectivity index (χ2n) is 8.19. The second kappa shape index (κ2) is 8.27. The molecule has 2 aliphatic carbocycles. The van der Waals surface area contributed by atoms with Gasteiger partial charge in [0.2, 0.25) is 5.91 Å². The van der Waals surface area contributed by atoms with Crippen LogP contribution in [0.25, 0.3) is 0 Å². The summed E-state index contributed by atoms with van der Waals surface area (Å²) in [6.45, 7) is 0. The van der Waals surface area contributed by atoms with Crippen LogP contribution in [0.15, 0.2) is 59.8 Å². The first-order chi connectivity index (χ1) is 15.4. The van der Waals surface area contributed by atoms with Crippen LogP contribution < -0.4 is 5.32 Å². The van der Waals surface area contributed by atoms with E-state index in [2.05, 4.69) is 20.1 Å². The monoisotopic (exact) mass is 458 g/mol. The molecule has 1 aromatic heterocycles. The van der Waals surface area contributed by atoms with Gasteiger partial charge in [0.1, 0.15) is 11.1 Å². The number of carbonyl (C=O) groups excluding carboxylic acids is 1. The lowest BCUT2D eigenvalue weighted by atomic mass is 10.1. The fourth-order valence-electron chi connectivity index (χ4n) is 3.65. The van der Waals surface area contributed by atoms with Gasteiger partial charge in [-0.2, -0.15) is 13.2 Å². The number of benzene rings is 2. The average molecular weight is 459 g/mol. The summed E-state index contributed by atoms with van der Waals surface area (Å²) in [6.07, 6.45) is -0.134. The van der Waals surface area contributed by atoms with Crippen LogP contribution in [0.3, 0.4) is 0 Å². The van der Waals surface area contributed by atoms with Crippen LogP contribution in [0.4, 0.5) is 18.9 Å². The van der Waals surface area contributed by atoms with E-state index in [4.69, 9.17) is 0 Å². The number of carbonyl (C=O) groups is 1. The van der Waals surface area contributed by atoms with Crippen LogP contribution >= 0.6 is 11.8 Å². The van der Waals surface area contributed by atoms with E-state index in [0.29, 0.717) is 17.1 Å². The molecular weight excluding hydrogens is 437 g/mol. The molecule has 166 valence electrons. The van der Waals surface area contributed by atoms with Gasteiger partial charge >= 0.3 is 6.18 Å². The molecule has 1 heterocycles. The Morgan fingerprint density at radius 3 is 2.44 bits per heavy atom. The van der Waals surface area contributed by atoms with Gasteiger partial charge in [-0.05, 0) is 49.4 Å². The quantitative estimate of drug-likeness (QED) is 0.443. The Kier molecular flexibility index (Phi) is 5.44. The zero-order valence-electron chi connectivity index (χ0n) is 17.0. The zero-order chi connectivity index (χ0) is 22.3. The number of thioether (sulfide) groups is 1. The van der Waals surface area contributed by atoms with Crippen molar-refractivity contribution < 1.29 is 18.0 Å². The Morgan fingerprint density at radius 1 is 1.03 bits per heavy atom. The molecule has 32 heavy (non-hydrogen) atoms. The molecular formula is C23H21F3N4OS. The number of alkyl halides is 3. The minimum atomic E-state index is -4.48. The Morgan fingerprint density at radius 2 is 1.78 bits per heavy atom. The van der Waals surface area contributed by atoms with Gasteiger partial charge in [0.25, 0.3) is 0 Å². The van der Waals surface area contributed by atoms with Gasteiger partial charge in [0, 0.05) is 17.6 Å². The highest BCUT2D eigenvalue weighted by Gasteiger charge is 2.38. The summed E-state index contributed by atoms with van der Waals surface area (Å²) in [5.74, 6) is 1.02. The fourth-order valence-corrected chi connectivity index (χ4v) is 4.77. The van der Waals surface area contributed by atoms with E-state index in [9.17, 15) is 18.0 Å². The van der Waals surface area contributed by atoms with Gasteiger partial charge in [-0.1, -0.05) is 48.2 Å². The summed E-state index contributed by atoms with van der Waals surface area (Å²) >= 11 is 1.29. The van der Waals surface area contributed by atoms with Crippen molar-refractivity contribution in [2.75, 3.05) is 5.32 Å². The molecule has 2 aromatic carbocycles. The molecule has 1 atom stereocenters. The number of rotatable bonds is 7. The number of halogens is 3. The second-order valence-corrected chi connectivity index (χ2v) is 9.26. The van der Waals surface area contributed by atoms with E-state index < -0.39 is 22.9 Å². The SMILES string of the molecule is O=C(Nc1cccc(C(F)(F)F)c1)C(Sc1nnc(C2CC2)n1C1CC1)c1ccccc1. The van der Waals surface area contributed by atoms with Crippen molar-refractivity contribution in [2.45, 2.75) is 54.2 Å². The van der Waals surface area contributed by atoms with Crippen molar-refractivity contribution in [1.82, 2.24) is 14.8 Å². The summed E-state index contributed by atoms with van der Waals surface area (Å²) in [6, 6.07) is 14.2. The van der Waals surface area contributed by atoms with Crippen LogP contribution in [0.5, 0.6) is 0 Å². The molecule has 3 aromatic rings. The van der Waals surface area contributed by atoms with Crippen LogP contribution in [-0.4, -0.2) is 20.7 Å². The van der Waals surface area contributed by atoms with Crippen LogP contribution in [-0.2, 0) is 11.0 Å². The van der Waals surface area contributed by atoms with Gasteiger partial charge in [-0.25, -0.2) is 0 Å². The highest BCUT2D eigenvalue weighted by molar-refractivity contribution is 8.00. The van der Waals surface area contributed by atoms with Crippen molar-refractivity contribution in [3.8, 4) is 0 Å². The highest BCUT2D eigenvalue weighted by Crippen LogP contribution is 2.47. The first kappa shape index (κ1) is 21.1. The average Bonchev–Trinajstić information content (AvgIpc) is 3.71. The zero-order valence-corrected chi connectivity index (χ0v) is 17.9. The molecule has 9 heteroatoms. The summed E-state index contributed by atoms with van der Waals surface area (Å²) in [5.41, 5.74) is 0.0516. The summed E-state index contributed by atoms with van der Waals surface area (Å²) < 4.78 is 41.4. The third-order valence-electron chi connectivity index (χ3n) is 5.57. The maximum atomic E-state index is 13.3. The van der Waals surface area contributed by atoms with Crippen molar-refractivity contribution in [3.63, 3.8) is 0 Å². The van der Waals surface area contributed by atoms with Crippen molar-refractivity contribution >= 4 is 23.4 Å². The molecule has 5 rings (SSSR count). The predicted molar refractivity (Wildman–Crippen MR) is 115 cm³/mol. The minimum Gasteiger partial charge on any atom is -0.325 e. The number of anilines is 1. The van der Waals surface area contributed by atoms with Crippen LogP contribution in [0.1, 0.15) is 59.8 Å². The molecule has 1 N–H and O–H groups in total. The molecule has 0 aliphatic heterocycles. The summed E-state index contributed by atoms with van der Waals surface area (Å²) in [7, 11) is 0. The molecule has 2 aliphatic rings. The van der Waals surface area contributed by atoms with Crippen molar-refractivity contribution in [1.29, 1.82) is 0 Å². The molecule has 0 spiro atoms. The number of aromatic nitrogens is 3. The van der Waals surface area contributed by atoms with Gasteiger partial charge in [-0.3, -0.25) is 4.79 Å². The largest absolute Gasteiger partial charge is 0.416 e. The van der Waals surface area contributed by atoms with Gasteiger partial charge in [0.05, 0.1) is 5.56 Å². The van der Waals surface area contributed by atoms with E-state index >= 15 is 0 Å². The summed E-state index contributed by atoms with van der Waals surface area (Å²) in [5, 5.41) is 11.5. The van der Waals surface area contributed by atoms with Gasteiger partial charge in [-0.15, -0.1) is 10.2 Å². The van der Waals surface area contributed by atoms with Gasteiger partial charge in [0.15, 0.2) is 5.16 Å². The third-order valence-corrected chi connectivity index (χ3v) is 6.78. The van der Waals surface area contributed by atoms with Crippen molar-refractivity contribution in [3.05, 3.63) is 71.5 Å². The Labute approximate surface area is 187 Å². The molecule has 1 amide bonds. The topological polar surface area (TPSA) is 59.8 Å². The molecule has 2 fully saturated rings. The minimum absolute atomic E-state index is 0.105. The maximum absolute atomic E-state index is 13.3. The number of nitrogens with zero attached hydrogens (tertiary/aromatic N) is 3. The first-order valence-electron chi connectivity index (χ1n) is 10.5. The Bertz CT molecular complexity index is 1120. The lowest BCUT2D eigenvalue weighted by Gasteiger charge is -2.18. The van der Waals surface area contributed by atoms with Gasteiger partial charge < -0.3 is 9.88 Å². The van der Waals surface area contributed by atoms with E-state index in [0.717, 1.165) is 49.2 Å². The van der Waals surface area contributed by atoms with E-state index in [-0.39, 0.29) is 5.69 Å². The van der Waals surface area contributed by atoms with E-state index in [1.54, 1.807) is 0 Å². The standard InChI is InChI=1S/C23H21F3N4OS/c24-23(25,26)16-7-4-8-17(13-16)27-21(31)19(14-5-2-1-3-6-14)32-22-29-28-20(15-9-10-15)30(22)18-11-12-18/h1-8,13,15,18-19H,9-12H2,(H,27,31). The highest BCUT2D eigenvalue weighted by atomic mass is 32.2. The molecule has 0 bridgehead atoms. The smallest absolute Gasteiger partial charge is 0.325 e. The van der Waals surface area contributed by atoms with E-state index in [1.807, 2.05) is 30.3 Å². The normalized spacial score (nSPS) is 17.2. The predicted octanol–water partition coefficient (Wildman–Crippen LogP) is 5.98. The maximum Gasteiger partial charge on any atom is 0.416 e. The number of nitrogens with one attached hydrogen (secondary N) is 1. The van der Waals surface area contributed by atoms with Crippen LogP contribution in [0.2, 0.25) is 0 Å². The summed E-state index contributed by atoms with van der Waals surface area (Å²) in [4.78, 5) is 13.3. The lowest BCUT2D eigenvalue weighted by Crippen LogP contribution is -2.20. The first-order valence-corrected chi connectivity index (χ1v) is 11.4. The fraction of sp³-hybridized carbons (Fsp3) is 0.348. The number of hydrogen-bond acceptors (Lipinski definition) is 4. The van der Waals surface area contributed by atoms with Crippen molar-refractivity contribution in [2.24, 2.45) is 0 Å². The molecule has 1 unspecified atom stereocenters. The number of amides is 1. The lowest BCUT2D eigenvalue weighted by molar-refractivity contribution is -0.137. The molecule has 2 saturated carbocycles. The molecule has 0 saturated heterocycles. The van der Waals surface area contributed by atoms with E-state index in [1.165, 1.54) is 23.9 Å². The molecule has 0 radical (unpaired) electrons. The van der Waals surface area contributed by atoms with Crippen LogP contribution in [0, 0.1) is 0 Å².